The van der Waals surface area contributed by atoms with Crippen LogP contribution in [0.3, 0.4) is 0 Å². The molecule has 0 bridgehead atoms. The van der Waals surface area contributed by atoms with Crippen molar-refractivity contribution in [3.8, 4) is 0 Å². The minimum absolute atomic E-state index is 1.32. The van der Waals surface area contributed by atoms with Gasteiger partial charge in [-0.2, -0.15) is 0 Å². The van der Waals surface area contributed by atoms with Crippen molar-refractivity contribution in [3.05, 3.63) is 0 Å². The van der Waals surface area contributed by atoms with Crippen molar-refractivity contribution in [3.63, 3.8) is 0 Å². The molecular formula is C34H76N2. The second-order valence-corrected chi connectivity index (χ2v) is 10.9. The Morgan fingerprint density at radius 1 is 0.222 bits per heavy atom. The number of hydrogen-bond donors (Lipinski definition) is 0. The summed E-state index contributed by atoms with van der Waals surface area (Å²) in [6.07, 6.45) is 27.6. The van der Waals surface area contributed by atoms with Crippen LogP contribution in [0.1, 0.15) is 184 Å². The van der Waals surface area contributed by atoms with E-state index in [1.54, 1.807) is 0 Å². The summed E-state index contributed by atoms with van der Waals surface area (Å²) in [5.41, 5.74) is 0. The molecule has 222 valence electrons. The second-order valence-electron chi connectivity index (χ2n) is 10.9. The van der Waals surface area contributed by atoms with Crippen molar-refractivity contribution in [2.45, 2.75) is 184 Å². The second kappa shape index (κ2) is 39.4. The van der Waals surface area contributed by atoms with Crippen LogP contribution in [-0.4, -0.2) is 49.1 Å². The van der Waals surface area contributed by atoms with Gasteiger partial charge in [0.1, 0.15) is 0 Å². The van der Waals surface area contributed by atoms with Crippen molar-refractivity contribution in [1.82, 2.24) is 9.80 Å². The zero-order valence-corrected chi connectivity index (χ0v) is 27.3. The predicted octanol–water partition coefficient (Wildman–Crippen LogP) is 11.5. The van der Waals surface area contributed by atoms with Crippen LogP contribution in [0.15, 0.2) is 0 Å². The fourth-order valence-electron chi connectivity index (χ4n) is 4.17. The molecule has 36 heavy (non-hydrogen) atoms. The summed E-state index contributed by atoms with van der Waals surface area (Å²) in [4.78, 5) is 5.27. The molecule has 2 nitrogen and oxygen atoms in total. The van der Waals surface area contributed by atoms with Crippen LogP contribution in [-0.2, 0) is 0 Å². The highest BCUT2D eigenvalue weighted by atomic mass is 15.1. The lowest BCUT2D eigenvalue weighted by Gasteiger charge is -2.21. The molecule has 0 spiro atoms. The number of rotatable bonds is 25. The van der Waals surface area contributed by atoms with Crippen molar-refractivity contribution in [2.75, 3.05) is 39.3 Å². The topological polar surface area (TPSA) is 6.48 Å². The van der Waals surface area contributed by atoms with E-state index >= 15 is 0 Å². The largest absolute Gasteiger partial charge is 0.303 e. The molecule has 0 aliphatic heterocycles. The van der Waals surface area contributed by atoms with Gasteiger partial charge in [0.05, 0.1) is 0 Å². The van der Waals surface area contributed by atoms with Gasteiger partial charge in [0.25, 0.3) is 0 Å². The molecule has 0 amide bonds. The Morgan fingerprint density at radius 2 is 0.389 bits per heavy atom. The van der Waals surface area contributed by atoms with E-state index in [0.29, 0.717) is 0 Å². The van der Waals surface area contributed by atoms with Gasteiger partial charge in [-0.3, -0.25) is 0 Å². The normalized spacial score (nSPS) is 10.8. The van der Waals surface area contributed by atoms with Crippen LogP contribution in [0, 0.1) is 0 Å². The van der Waals surface area contributed by atoms with Crippen LogP contribution < -0.4 is 0 Å². The van der Waals surface area contributed by atoms with Crippen LogP contribution in [0.25, 0.3) is 0 Å². The summed E-state index contributed by atoms with van der Waals surface area (Å²) in [6.45, 7) is 26.1. The monoisotopic (exact) mass is 513 g/mol. The number of hydrogen-bond acceptors (Lipinski definition) is 2. The molecule has 0 aromatic carbocycles. The fourth-order valence-corrected chi connectivity index (χ4v) is 4.17. The molecule has 0 rings (SSSR count). The summed E-state index contributed by atoms with van der Waals surface area (Å²) >= 11 is 0. The lowest BCUT2D eigenvalue weighted by molar-refractivity contribution is 0.261. The average Bonchev–Trinajstić information content (AvgIpc) is 2.90. The van der Waals surface area contributed by atoms with E-state index in [1.165, 1.54) is 168 Å². The molecule has 0 fully saturated rings. The third kappa shape index (κ3) is 38.5. The van der Waals surface area contributed by atoms with Crippen molar-refractivity contribution >= 4 is 0 Å². The molecule has 0 aliphatic carbocycles. The first-order chi connectivity index (χ1) is 17.6. The van der Waals surface area contributed by atoms with Crippen LogP contribution in [0.4, 0.5) is 0 Å². The third-order valence-electron chi connectivity index (χ3n) is 6.92. The first-order valence-corrected chi connectivity index (χ1v) is 17.1. The molecule has 0 saturated carbocycles. The average molecular weight is 513 g/mol. The Hall–Kier alpha value is -0.0800. The zero-order chi connectivity index (χ0) is 27.5. The van der Waals surface area contributed by atoms with Gasteiger partial charge in [0, 0.05) is 0 Å². The first-order valence-electron chi connectivity index (χ1n) is 17.1. The maximum Gasteiger partial charge on any atom is -0.00188 e. The summed E-state index contributed by atoms with van der Waals surface area (Å²) < 4.78 is 0. The molecule has 0 N–H and O–H groups in total. The molecule has 0 saturated heterocycles. The summed E-state index contributed by atoms with van der Waals surface area (Å²) in [5.74, 6) is 0. The van der Waals surface area contributed by atoms with E-state index in [9.17, 15) is 0 Å². The molecule has 0 heterocycles. The van der Waals surface area contributed by atoms with Crippen LogP contribution in [0.2, 0.25) is 0 Å². The molecular weight excluding hydrogens is 436 g/mol. The van der Waals surface area contributed by atoms with Gasteiger partial charge in [0.2, 0.25) is 0 Å². The molecule has 2 heteroatoms. The van der Waals surface area contributed by atoms with Gasteiger partial charge in [-0.1, -0.05) is 145 Å². The molecule has 0 atom stereocenters. The Morgan fingerprint density at radius 3 is 0.556 bits per heavy atom. The molecule has 0 aliphatic rings. The minimum Gasteiger partial charge on any atom is -0.303 e. The van der Waals surface area contributed by atoms with Crippen molar-refractivity contribution < 1.29 is 0 Å². The summed E-state index contributed by atoms with van der Waals surface area (Å²) in [7, 11) is 0. The molecule has 0 radical (unpaired) electrons. The summed E-state index contributed by atoms with van der Waals surface area (Å²) in [6, 6.07) is 0. The Labute approximate surface area is 232 Å². The van der Waals surface area contributed by atoms with Crippen LogP contribution in [0.5, 0.6) is 0 Å². The Kier molecular flexibility index (Phi) is 44.3. The highest BCUT2D eigenvalue weighted by Crippen LogP contribution is 2.07. The molecule has 0 aromatic heterocycles. The van der Waals surface area contributed by atoms with Gasteiger partial charge in [-0.25, -0.2) is 0 Å². The van der Waals surface area contributed by atoms with Crippen molar-refractivity contribution in [2.24, 2.45) is 0 Å². The van der Waals surface area contributed by atoms with E-state index in [-0.39, 0.29) is 0 Å². The van der Waals surface area contributed by atoms with Gasteiger partial charge < -0.3 is 9.80 Å². The van der Waals surface area contributed by atoms with E-state index in [0.717, 1.165) is 0 Å². The lowest BCUT2D eigenvalue weighted by atomic mass is 10.1. The molecule has 0 aromatic rings. The predicted molar refractivity (Wildman–Crippen MR) is 171 cm³/mol. The maximum absolute atomic E-state index is 2.64. The zero-order valence-electron chi connectivity index (χ0n) is 27.3. The standard InChI is InChI=1S/2C12H27N.C10H22/c2*1-4-7-10-13(11-8-5-2)12-9-6-3;1-3-5-7-9-10-8-6-4-2/h2*4-12H2,1-3H3;3-10H2,1-2H3. The highest BCUT2D eigenvalue weighted by Gasteiger charge is 2.02. The quantitative estimate of drug-likeness (QED) is 0.112. The SMILES string of the molecule is CCCCCCCCCC.CCCCN(CCCC)CCCC.CCCCN(CCCC)CCCC. The smallest absolute Gasteiger partial charge is 0.00188 e. The fraction of sp³-hybridized carbons (Fsp3) is 1.00. The van der Waals surface area contributed by atoms with E-state index < -0.39 is 0 Å². The number of nitrogens with zero attached hydrogens (tertiary/aromatic N) is 2. The van der Waals surface area contributed by atoms with E-state index in [2.05, 4.69) is 65.2 Å². The molecule has 0 unspecified atom stereocenters. The maximum atomic E-state index is 2.64. The van der Waals surface area contributed by atoms with E-state index in [1.807, 2.05) is 0 Å². The minimum atomic E-state index is 1.32. The Bertz CT molecular complexity index is 261. The van der Waals surface area contributed by atoms with Crippen LogP contribution >= 0.6 is 0 Å². The number of unbranched alkanes of at least 4 members (excludes halogenated alkanes) is 13. The van der Waals surface area contributed by atoms with Gasteiger partial charge in [-0.05, 0) is 77.8 Å². The Balaban J connectivity index is -0.000000459. The van der Waals surface area contributed by atoms with Gasteiger partial charge in [0.15, 0.2) is 0 Å². The first kappa shape index (κ1) is 40.4. The van der Waals surface area contributed by atoms with Crippen molar-refractivity contribution in [1.29, 1.82) is 0 Å². The van der Waals surface area contributed by atoms with Gasteiger partial charge >= 0.3 is 0 Å². The van der Waals surface area contributed by atoms with Gasteiger partial charge in [-0.15, -0.1) is 0 Å². The highest BCUT2D eigenvalue weighted by molar-refractivity contribution is 4.58. The van der Waals surface area contributed by atoms with E-state index in [4.69, 9.17) is 0 Å². The lowest BCUT2D eigenvalue weighted by Crippen LogP contribution is -2.27. The summed E-state index contributed by atoms with van der Waals surface area (Å²) in [5, 5.41) is 0. The third-order valence-corrected chi connectivity index (χ3v) is 6.92.